The molecule has 0 saturated heterocycles. The van der Waals surface area contributed by atoms with Crippen molar-refractivity contribution in [2.75, 3.05) is 0 Å². The Balaban J connectivity index is 1.24. The second-order valence-corrected chi connectivity index (χ2v) is 19.3. The SMILES string of the molecule is CC1(C)c2ccccc2-c2ccc(-c3cccc(-c4nc(-c5ccc([Si](C)(C)C)cc5)nc(-c5ccc6ccccc6c5)n4)c3)cc21. The van der Waals surface area contributed by atoms with Gasteiger partial charge in [-0.25, -0.2) is 15.0 Å². The molecule has 1 aliphatic rings. The summed E-state index contributed by atoms with van der Waals surface area (Å²) in [6.45, 7) is 11.8. The van der Waals surface area contributed by atoms with Gasteiger partial charge in [0.15, 0.2) is 17.5 Å². The third-order valence-corrected chi connectivity index (χ3v) is 11.8. The Morgan fingerprint density at radius 2 is 0.979 bits per heavy atom. The van der Waals surface area contributed by atoms with Crippen LogP contribution in [0.2, 0.25) is 19.6 Å². The molecule has 0 fully saturated rings. The van der Waals surface area contributed by atoms with Crippen LogP contribution in [0.15, 0.2) is 133 Å². The molecule has 0 saturated carbocycles. The Hall–Kier alpha value is -5.19. The highest BCUT2D eigenvalue weighted by molar-refractivity contribution is 6.88. The van der Waals surface area contributed by atoms with Gasteiger partial charge in [0, 0.05) is 22.1 Å². The third-order valence-electron chi connectivity index (χ3n) is 9.69. The number of hydrogen-bond acceptors (Lipinski definition) is 3. The van der Waals surface area contributed by atoms with Crippen molar-refractivity contribution >= 4 is 24.0 Å². The van der Waals surface area contributed by atoms with Crippen LogP contribution in [0.4, 0.5) is 0 Å². The fourth-order valence-corrected chi connectivity index (χ4v) is 8.10. The Kier molecular flexibility index (Phi) is 6.82. The molecule has 0 atom stereocenters. The lowest BCUT2D eigenvalue weighted by Crippen LogP contribution is -2.37. The van der Waals surface area contributed by atoms with Gasteiger partial charge >= 0.3 is 0 Å². The first-order valence-corrected chi connectivity index (χ1v) is 19.9. The van der Waals surface area contributed by atoms with E-state index in [9.17, 15) is 0 Å². The van der Waals surface area contributed by atoms with Crippen LogP contribution in [0.3, 0.4) is 0 Å². The molecule has 0 spiro atoms. The summed E-state index contributed by atoms with van der Waals surface area (Å²) in [5.74, 6) is 2.03. The van der Waals surface area contributed by atoms with Crippen LogP contribution in [-0.2, 0) is 5.41 Å². The Morgan fingerprint density at radius 1 is 0.426 bits per heavy atom. The maximum absolute atomic E-state index is 5.09. The van der Waals surface area contributed by atoms with E-state index in [0.717, 1.165) is 27.6 Å². The van der Waals surface area contributed by atoms with Gasteiger partial charge in [0.1, 0.15) is 0 Å². The molecule has 0 radical (unpaired) electrons. The van der Waals surface area contributed by atoms with Gasteiger partial charge < -0.3 is 0 Å². The van der Waals surface area contributed by atoms with Gasteiger partial charge in [-0.2, -0.15) is 0 Å². The molecule has 228 valence electrons. The van der Waals surface area contributed by atoms with Crippen molar-refractivity contribution in [3.8, 4) is 56.4 Å². The molecule has 0 bridgehead atoms. The largest absolute Gasteiger partial charge is 0.208 e. The molecule has 8 rings (SSSR count). The van der Waals surface area contributed by atoms with E-state index in [4.69, 9.17) is 15.0 Å². The lowest BCUT2D eigenvalue weighted by atomic mass is 9.81. The maximum atomic E-state index is 5.09. The van der Waals surface area contributed by atoms with Crippen LogP contribution in [-0.4, -0.2) is 23.0 Å². The molecule has 1 aromatic heterocycles. The first kappa shape index (κ1) is 29.2. The number of aromatic nitrogens is 3. The fourth-order valence-electron chi connectivity index (χ4n) is 6.93. The number of benzene rings is 6. The fraction of sp³-hybridized carbons (Fsp3) is 0.140. The molecule has 3 nitrogen and oxygen atoms in total. The summed E-state index contributed by atoms with van der Waals surface area (Å²) >= 11 is 0. The lowest BCUT2D eigenvalue weighted by molar-refractivity contribution is 0.660. The van der Waals surface area contributed by atoms with Crippen molar-refractivity contribution in [3.05, 3.63) is 145 Å². The molecule has 0 unspecified atom stereocenters. The van der Waals surface area contributed by atoms with Crippen molar-refractivity contribution in [1.29, 1.82) is 0 Å². The zero-order chi connectivity index (χ0) is 32.3. The van der Waals surface area contributed by atoms with Crippen LogP contribution in [0.5, 0.6) is 0 Å². The van der Waals surface area contributed by atoms with E-state index < -0.39 is 8.07 Å². The quantitative estimate of drug-likeness (QED) is 0.179. The third kappa shape index (κ3) is 5.19. The number of rotatable bonds is 5. The van der Waals surface area contributed by atoms with Crippen LogP contribution in [0.25, 0.3) is 67.2 Å². The van der Waals surface area contributed by atoms with Gasteiger partial charge in [0.2, 0.25) is 0 Å². The van der Waals surface area contributed by atoms with E-state index in [-0.39, 0.29) is 5.41 Å². The van der Waals surface area contributed by atoms with Crippen molar-refractivity contribution < 1.29 is 0 Å². The van der Waals surface area contributed by atoms with E-state index >= 15 is 0 Å². The van der Waals surface area contributed by atoms with Gasteiger partial charge in [0.25, 0.3) is 0 Å². The first-order valence-electron chi connectivity index (χ1n) is 16.4. The summed E-state index contributed by atoms with van der Waals surface area (Å²) in [6.07, 6.45) is 0. The van der Waals surface area contributed by atoms with Gasteiger partial charge in [-0.15, -0.1) is 0 Å². The molecule has 6 aromatic carbocycles. The average molecular weight is 624 g/mol. The van der Waals surface area contributed by atoms with Crippen LogP contribution in [0, 0.1) is 0 Å². The molecule has 0 aliphatic heterocycles. The summed E-state index contributed by atoms with van der Waals surface area (Å²) in [5.41, 5.74) is 10.6. The number of fused-ring (bicyclic) bond motifs is 4. The molecular formula is C43H37N3Si. The van der Waals surface area contributed by atoms with Crippen molar-refractivity contribution in [2.24, 2.45) is 0 Å². The highest BCUT2D eigenvalue weighted by Gasteiger charge is 2.35. The molecule has 1 heterocycles. The normalized spacial score (nSPS) is 13.4. The predicted octanol–water partition coefficient (Wildman–Crippen LogP) is 10.5. The Bertz CT molecular complexity index is 2310. The summed E-state index contributed by atoms with van der Waals surface area (Å²) in [5, 5.41) is 3.77. The molecule has 7 aromatic rings. The topological polar surface area (TPSA) is 38.7 Å². The van der Waals surface area contributed by atoms with E-state index in [0.29, 0.717) is 17.5 Å². The maximum Gasteiger partial charge on any atom is 0.164 e. The standard InChI is InChI=1S/C43H37N3Si/c1-43(2)38-16-9-8-15-36(38)37-24-21-32(27-39(37)43)31-13-10-14-33(26-31)41-44-40(29-19-22-35(23-20-29)47(3,4)5)45-42(46-41)34-18-17-28-11-6-7-12-30(28)25-34/h6-27H,1-5H3. The molecule has 0 N–H and O–H groups in total. The average Bonchev–Trinajstić information content (AvgIpc) is 3.33. The summed E-state index contributed by atoms with van der Waals surface area (Å²) in [6, 6.07) is 48.0. The Labute approximate surface area is 278 Å². The highest BCUT2D eigenvalue weighted by atomic mass is 28.3. The second kappa shape index (κ2) is 11.0. The minimum atomic E-state index is -1.44. The molecule has 0 amide bonds. The number of nitrogens with zero attached hydrogens (tertiary/aromatic N) is 3. The molecule has 4 heteroatoms. The summed E-state index contributed by atoms with van der Waals surface area (Å²) < 4.78 is 0. The zero-order valence-electron chi connectivity index (χ0n) is 27.5. The highest BCUT2D eigenvalue weighted by Crippen LogP contribution is 2.49. The van der Waals surface area contributed by atoms with Crippen LogP contribution in [0.1, 0.15) is 25.0 Å². The van der Waals surface area contributed by atoms with E-state index in [1.54, 1.807) is 0 Å². The minimum Gasteiger partial charge on any atom is -0.208 e. The first-order chi connectivity index (χ1) is 22.6. The van der Waals surface area contributed by atoms with Crippen molar-refractivity contribution in [3.63, 3.8) is 0 Å². The smallest absolute Gasteiger partial charge is 0.164 e. The van der Waals surface area contributed by atoms with Crippen LogP contribution < -0.4 is 5.19 Å². The summed E-state index contributed by atoms with van der Waals surface area (Å²) in [4.78, 5) is 15.2. The molecule has 1 aliphatic carbocycles. The van der Waals surface area contributed by atoms with Gasteiger partial charge in [-0.1, -0.05) is 154 Å². The van der Waals surface area contributed by atoms with E-state index in [1.165, 1.54) is 38.4 Å². The van der Waals surface area contributed by atoms with E-state index in [1.807, 2.05) is 0 Å². The zero-order valence-corrected chi connectivity index (χ0v) is 28.5. The molecular weight excluding hydrogens is 587 g/mol. The predicted molar refractivity (Wildman–Crippen MR) is 200 cm³/mol. The van der Waals surface area contributed by atoms with E-state index in [2.05, 4.69) is 167 Å². The van der Waals surface area contributed by atoms with Gasteiger partial charge in [-0.3, -0.25) is 0 Å². The van der Waals surface area contributed by atoms with Crippen molar-refractivity contribution in [2.45, 2.75) is 38.9 Å². The summed E-state index contributed by atoms with van der Waals surface area (Å²) in [7, 11) is -1.44. The van der Waals surface area contributed by atoms with Gasteiger partial charge in [-0.05, 0) is 62.4 Å². The Morgan fingerprint density at radius 3 is 1.72 bits per heavy atom. The van der Waals surface area contributed by atoms with Crippen LogP contribution >= 0.6 is 0 Å². The minimum absolute atomic E-state index is 0.0531. The van der Waals surface area contributed by atoms with Gasteiger partial charge in [0.05, 0.1) is 8.07 Å². The second-order valence-electron chi connectivity index (χ2n) is 14.2. The van der Waals surface area contributed by atoms with Crippen molar-refractivity contribution in [1.82, 2.24) is 15.0 Å². The number of hydrogen-bond donors (Lipinski definition) is 0. The molecule has 47 heavy (non-hydrogen) atoms. The monoisotopic (exact) mass is 623 g/mol. The lowest BCUT2D eigenvalue weighted by Gasteiger charge is -2.22.